The molecule has 0 unspecified atom stereocenters. The number of nitrogens with zero attached hydrogens (tertiary/aromatic N) is 1. The molecule has 0 spiro atoms. The summed E-state index contributed by atoms with van der Waals surface area (Å²) in [7, 11) is 1.30. The molecule has 0 saturated carbocycles. The fraction of sp³-hybridized carbons (Fsp3) is 0.304. The minimum atomic E-state index is -0.550. The first kappa shape index (κ1) is 22.5. The first-order valence-corrected chi connectivity index (χ1v) is 11.2. The number of aryl methyl sites for hydroxylation is 1. The Hall–Kier alpha value is -2.74. The highest BCUT2D eigenvalue weighted by molar-refractivity contribution is 6.31. The van der Waals surface area contributed by atoms with Crippen LogP contribution in [0.15, 0.2) is 36.4 Å². The van der Waals surface area contributed by atoms with Gasteiger partial charge in [0.1, 0.15) is 5.69 Å². The number of rotatable bonds is 5. The number of anilines is 2. The van der Waals surface area contributed by atoms with Crippen molar-refractivity contribution in [3.63, 3.8) is 0 Å². The number of fused-ring (bicyclic) bond motifs is 1. The molecule has 2 heterocycles. The molecule has 3 aromatic rings. The van der Waals surface area contributed by atoms with Gasteiger partial charge in [-0.2, -0.15) is 0 Å². The van der Waals surface area contributed by atoms with Gasteiger partial charge in [0.25, 0.3) is 5.91 Å². The normalized spacial score (nSPS) is 14.6. The van der Waals surface area contributed by atoms with Gasteiger partial charge in [0.15, 0.2) is 6.54 Å². The zero-order valence-corrected chi connectivity index (χ0v) is 19.4. The average molecular weight is 476 g/mol. The highest BCUT2D eigenvalue weighted by Crippen LogP contribution is 2.30. The third-order valence-electron chi connectivity index (χ3n) is 5.81. The lowest BCUT2D eigenvalue weighted by atomic mass is 10.1. The number of aromatic nitrogens is 1. The standard InChI is InChI=1S/C23H24Cl2N4O3/c1-14-3-4-16(25)12-19(14)29-9-7-28(8-10-29)13-20(30)27-21-17-11-15(24)5-6-18(17)26-22(21)23(31)32-2/h3-6,11-12,26H,7-10,13H2,1-2H3,(H,27,30)/p+1. The number of aromatic amines is 1. The van der Waals surface area contributed by atoms with Crippen LogP contribution in [0.1, 0.15) is 16.1 Å². The summed E-state index contributed by atoms with van der Waals surface area (Å²) in [6.07, 6.45) is 0. The van der Waals surface area contributed by atoms with Crippen molar-refractivity contribution < 1.29 is 19.2 Å². The molecule has 168 valence electrons. The van der Waals surface area contributed by atoms with E-state index in [1.54, 1.807) is 18.2 Å². The molecule has 3 N–H and O–H groups in total. The van der Waals surface area contributed by atoms with Crippen LogP contribution >= 0.6 is 23.2 Å². The van der Waals surface area contributed by atoms with Crippen molar-refractivity contribution in [2.45, 2.75) is 6.92 Å². The first-order valence-electron chi connectivity index (χ1n) is 10.4. The van der Waals surface area contributed by atoms with E-state index in [0.717, 1.165) is 36.9 Å². The molecular formula is C23H25Cl2N4O3+. The number of amides is 1. The van der Waals surface area contributed by atoms with E-state index in [1.807, 2.05) is 18.2 Å². The van der Waals surface area contributed by atoms with E-state index >= 15 is 0 Å². The maximum atomic E-state index is 12.9. The van der Waals surface area contributed by atoms with Gasteiger partial charge in [-0.15, -0.1) is 0 Å². The lowest BCUT2D eigenvalue weighted by Crippen LogP contribution is -3.15. The second-order valence-electron chi connectivity index (χ2n) is 7.95. The third-order valence-corrected chi connectivity index (χ3v) is 6.28. The Kier molecular flexibility index (Phi) is 6.60. The number of nitrogens with one attached hydrogen (secondary N) is 3. The first-order chi connectivity index (χ1) is 15.4. The number of carbonyl (C=O) groups is 2. The molecule has 2 aromatic carbocycles. The zero-order chi connectivity index (χ0) is 22.8. The minimum Gasteiger partial charge on any atom is -0.464 e. The molecule has 1 fully saturated rings. The van der Waals surface area contributed by atoms with Crippen molar-refractivity contribution in [2.24, 2.45) is 0 Å². The van der Waals surface area contributed by atoms with Gasteiger partial charge in [-0.1, -0.05) is 29.3 Å². The quantitative estimate of drug-likeness (QED) is 0.495. The maximum absolute atomic E-state index is 12.9. The van der Waals surface area contributed by atoms with Crippen LogP contribution in [-0.2, 0) is 9.53 Å². The summed E-state index contributed by atoms with van der Waals surface area (Å²) in [5.41, 5.74) is 3.62. The van der Waals surface area contributed by atoms with Crippen molar-refractivity contribution in [2.75, 3.05) is 50.1 Å². The fourth-order valence-corrected chi connectivity index (χ4v) is 4.46. The summed E-state index contributed by atoms with van der Waals surface area (Å²) in [4.78, 5) is 31.6. The molecular weight excluding hydrogens is 451 g/mol. The van der Waals surface area contributed by atoms with Gasteiger partial charge in [-0.3, -0.25) is 4.79 Å². The topological polar surface area (TPSA) is 78.9 Å². The number of hydrogen-bond donors (Lipinski definition) is 3. The summed E-state index contributed by atoms with van der Waals surface area (Å²) in [6.45, 7) is 5.69. The van der Waals surface area contributed by atoms with Gasteiger partial charge >= 0.3 is 5.97 Å². The van der Waals surface area contributed by atoms with E-state index < -0.39 is 5.97 Å². The Morgan fingerprint density at radius 1 is 1.12 bits per heavy atom. The summed E-state index contributed by atoms with van der Waals surface area (Å²) in [6, 6.07) is 11.1. The molecule has 9 heteroatoms. The second kappa shape index (κ2) is 9.40. The number of benzene rings is 2. The van der Waals surface area contributed by atoms with Crippen molar-refractivity contribution >= 4 is 57.4 Å². The van der Waals surface area contributed by atoms with Crippen LogP contribution in [0.2, 0.25) is 10.0 Å². The highest BCUT2D eigenvalue weighted by atomic mass is 35.5. The predicted octanol–water partition coefficient (Wildman–Crippen LogP) is 2.91. The Bertz CT molecular complexity index is 1170. The van der Waals surface area contributed by atoms with Crippen LogP contribution in [0.5, 0.6) is 0 Å². The average Bonchev–Trinajstić information content (AvgIpc) is 3.13. The van der Waals surface area contributed by atoms with Crippen molar-refractivity contribution in [3.05, 3.63) is 57.7 Å². The molecule has 0 radical (unpaired) electrons. The van der Waals surface area contributed by atoms with E-state index in [9.17, 15) is 9.59 Å². The summed E-state index contributed by atoms with van der Waals surface area (Å²) in [5, 5.41) is 4.81. The van der Waals surface area contributed by atoms with Crippen LogP contribution < -0.4 is 15.1 Å². The van der Waals surface area contributed by atoms with Crippen LogP contribution in [0.3, 0.4) is 0 Å². The predicted molar refractivity (Wildman–Crippen MR) is 127 cm³/mol. The van der Waals surface area contributed by atoms with E-state index in [4.69, 9.17) is 27.9 Å². The second-order valence-corrected chi connectivity index (χ2v) is 8.82. The molecule has 7 nitrogen and oxygen atoms in total. The summed E-state index contributed by atoms with van der Waals surface area (Å²) >= 11 is 12.3. The molecule has 1 saturated heterocycles. The Morgan fingerprint density at radius 2 is 1.81 bits per heavy atom. The molecule has 32 heavy (non-hydrogen) atoms. The number of halogens is 2. The monoisotopic (exact) mass is 475 g/mol. The van der Waals surface area contributed by atoms with Crippen LogP contribution in [0.25, 0.3) is 10.9 Å². The van der Waals surface area contributed by atoms with Crippen LogP contribution in [0, 0.1) is 6.92 Å². The Balaban J connectivity index is 1.44. The van der Waals surface area contributed by atoms with Crippen LogP contribution in [-0.4, -0.2) is 56.7 Å². The van der Waals surface area contributed by atoms with Crippen molar-refractivity contribution in [3.8, 4) is 0 Å². The molecule has 0 aliphatic carbocycles. The Labute approximate surface area is 196 Å². The van der Waals surface area contributed by atoms with Crippen molar-refractivity contribution in [1.29, 1.82) is 0 Å². The molecule has 1 aliphatic heterocycles. The zero-order valence-electron chi connectivity index (χ0n) is 17.9. The number of carbonyl (C=O) groups excluding carboxylic acids is 2. The Morgan fingerprint density at radius 3 is 2.53 bits per heavy atom. The molecule has 1 aliphatic rings. The van der Waals surface area contributed by atoms with E-state index in [1.165, 1.54) is 17.6 Å². The molecule has 0 bridgehead atoms. The minimum absolute atomic E-state index is 0.168. The van der Waals surface area contributed by atoms with Gasteiger partial charge < -0.3 is 24.8 Å². The van der Waals surface area contributed by atoms with Crippen molar-refractivity contribution in [1.82, 2.24) is 4.98 Å². The number of H-pyrrole nitrogens is 1. The van der Waals surface area contributed by atoms with Gasteiger partial charge in [-0.25, -0.2) is 4.79 Å². The summed E-state index contributed by atoms with van der Waals surface area (Å²) in [5.74, 6) is -0.719. The molecule has 4 rings (SSSR count). The SMILES string of the molecule is COC(=O)c1[nH]c2ccc(Cl)cc2c1NC(=O)C[NH+]1CCN(c2cc(Cl)ccc2C)CC1. The van der Waals surface area contributed by atoms with E-state index in [2.05, 4.69) is 22.1 Å². The van der Waals surface area contributed by atoms with Gasteiger partial charge in [0, 0.05) is 26.6 Å². The molecule has 1 amide bonds. The van der Waals surface area contributed by atoms with E-state index in [-0.39, 0.29) is 11.6 Å². The smallest absolute Gasteiger partial charge is 0.356 e. The van der Waals surface area contributed by atoms with Gasteiger partial charge in [0.05, 0.1) is 39.0 Å². The lowest BCUT2D eigenvalue weighted by molar-refractivity contribution is -0.892. The summed E-state index contributed by atoms with van der Waals surface area (Å²) < 4.78 is 4.87. The number of piperazine rings is 1. The fourth-order valence-electron chi connectivity index (χ4n) is 4.12. The van der Waals surface area contributed by atoms with E-state index in [0.29, 0.717) is 28.2 Å². The van der Waals surface area contributed by atoms with Crippen LogP contribution in [0.4, 0.5) is 11.4 Å². The molecule has 1 aromatic heterocycles. The third kappa shape index (κ3) is 4.70. The largest absolute Gasteiger partial charge is 0.464 e. The van der Waals surface area contributed by atoms with Gasteiger partial charge in [-0.05, 0) is 42.8 Å². The van der Waals surface area contributed by atoms with Gasteiger partial charge in [0.2, 0.25) is 0 Å². The number of esters is 1. The number of hydrogen-bond acceptors (Lipinski definition) is 4. The lowest BCUT2D eigenvalue weighted by Gasteiger charge is -2.34. The number of methoxy groups -OCH3 is 1. The number of quaternary nitrogens is 1. The molecule has 0 atom stereocenters. The maximum Gasteiger partial charge on any atom is 0.356 e. The number of ether oxygens (including phenoxy) is 1. The highest BCUT2D eigenvalue weighted by Gasteiger charge is 2.25.